The van der Waals surface area contributed by atoms with E-state index in [1.165, 1.54) is 13.3 Å². The molecule has 0 aliphatic carbocycles. The molecule has 0 bridgehead atoms. The number of anilines is 2. The molecule has 12 heteroatoms. The highest BCUT2D eigenvalue weighted by Gasteiger charge is 2.24. The van der Waals surface area contributed by atoms with Crippen LogP contribution in [0.4, 0.5) is 11.4 Å². The fraction of sp³-hybridized carbons (Fsp3) is 0.222. The van der Waals surface area contributed by atoms with E-state index >= 15 is 0 Å². The van der Waals surface area contributed by atoms with Crippen LogP contribution in [0.25, 0.3) is 0 Å². The van der Waals surface area contributed by atoms with Gasteiger partial charge in [0.25, 0.3) is 11.8 Å². The maximum Gasteiger partial charge on any atom is 0.262 e. The Labute approximate surface area is 227 Å². The minimum atomic E-state index is -3.78. The van der Waals surface area contributed by atoms with Crippen LogP contribution < -0.4 is 29.3 Å². The summed E-state index contributed by atoms with van der Waals surface area (Å²) in [6, 6.07) is 18.6. The summed E-state index contributed by atoms with van der Waals surface area (Å²) in [6.45, 7) is 1.14. The van der Waals surface area contributed by atoms with E-state index in [9.17, 15) is 18.0 Å². The minimum Gasteiger partial charge on any atom is -0.497 e. The van der Waals surface area contributed by atoms with E-state index in [1.54, 1.807) is 80.8 Å². The van der Waals surface area contributed by atoms with E-state index < -0.39 is 22.5 Å². The van der Waals surface area contributed by atoms with Crippen LogP contribution in [0.2, 0.25) is 0 Å². The molecule has 39 heavy (non-hydrogen) atoms. The molecule has 2 N–H and O–H groups in total. The number of carbonyl (C=O) groups is 2. The number of hydrazone groups is 1. The molecule has 0 spiro atoms. The molecule has 0 aromatic heterocycles. The fourth-order valence-electron chi connectivity index (χ4n) is 3.39. The van der Waals surface area contributed by atoms with Crippen LogP contribution in [0, 0.1) is 6.92 Å². The van der Waals surface area contributed by atoms with Crippen molar-refractivity contribution >= 4 is 39.4 Å². The third-order valence-electron chi connectivity index (χ3n) is 5.32. The number of amides is 2. The van der Waals surface area contributed by atoms with Crippen LogP contribution in [0.1, 0.15) is 11.1 Å². The van der Waals surface area contributed by atoms with Gasteiger partial charge in [-0.25, -0.2) is 13.8 Å². The molecule has 0 unspecified atom stereocenters. The van der Waals surface area contributed by atoms with Gasteiger partial charge in [0.2, 0.25) is 10.0 Å². The van der Waals surface area contributed by atoms with Gasteiger partial charge in [0, 0.05) is 5.69 Å². The molecule has 0 aliphatic heterocycles. The van der Waals surface area contributed by atoms with Crippen LogP contribution in [0.3, 0.4) is 0 Å². The Morgan fingerprint density at radius 2 is 1.59 bits per heavy atom. The second-order valence-corrected chi connectivity index (χ2v) is 10.3. The van der Waals surface area contributed by atoms with Crippen molar-refractivity contribution in [1.82, 2.24) is 5.43 Å². The Kier molecular flexibility index (Phi) is 9.87. The standard InChI is InChI=1S/C27H30N4O7S/c1-19-5-14-25(37-3)24(15-19)31(39(4,34)35)17-26(32)30-28-16-20-6-10-23(11-7-20)38-18-27(33)29-21-8-12-22(36-2)13-9-21/h5-16H,17-18H2,1-4H3,(H,29,33)(H,30,32)/b28-16-. The van der Waals surface area contributed by atoms with Gasteiger partial charge in [-0.2, -0.15) is 5.10 Å². The fourth-order valence-corrected chi connectivity index (χ4v) is 4.24. The summed E-state index contributed by atoms with van der Waals surface area (Å²) in [5, 5.41) is 6.63. The lowest BCUT2D eigenvalue weighted by Gasteiger charge is -2.23. The van der Waals surface area contributed by atoms with Crippen molar-refractivity contribution in [1.29, 1.82) is 0 Å². The maximum absolute atomic E-state index is 12.5. The van der Waals surface area contributed by atoms with Crippen LogP contribution >= 0.6 is 0 Å². The molecule has 0 saturated carbocycles. The lowest BCUT2D eigenvalue weighted by atomic mass is 10.2. The molecule has 0 radical (unpaired) electrons. The molecule has 0 atom stereocenters. The van der Waals surface area contributed by atoms with Gasteiger partial charge in [0.1, 0.15) is 23.8 Å². The topological polar surface area (TPSA) is 136 Å². The summed E-state index contributed by atoms with van der Waals surface area (Å²) in [4.78, 5) is 24.6. The predicted octanol–water partition coefficient (Wildman–Crippen LogP) is 2.95. The average Bonchev–Trinajstić information content (AvgIpc) is 2.91. The van der Waals surface area contributed by atoms with Crippen LogP contribution in [-0.4, -0.2) is 60.1 Å². The molecule has 0 heterocycles. The average molecular weight is 555 g/mol. The quantitative estimate of drug-likeness (QED) is 0.260. The SMILES string of the molecule is COc1ccc(NC(=O)COc2ccc(/C=N\NC(=O)CN(c3cc(C)ccc3OC)S(C)(=O)=O)cc2)cc1. The Balaban J connectivity index is 1.52. The maximum atomic E-state index is 12.5. The number of aryl methyl sites for hydroxylation is 1. The highest BCUT2D eigenvalue weighted by Crippen LogP contribution is 2.30. The minimum absolute atomic E-state index is 0.182. The van der Waals surface area contributed by atoms with E-state index in [0.717, 1.165) is 16.1 Å². The zero-order valence-corrected chi connectivity index (χ0v) is 22.8. The number of sulfonamides is 1. The third-order valence-corrected chi connectivity index (χ3v) is 6.44. The Morgan fingerprint density at radius 1 is 0.923 bits per heavy atom. The number of methoxy groups -OCH3 is 2. The van der Waals surface area contributed by atoms with Crippen molar-refractivity contribution in [2.45, 2.75) is 6.92 Å². The Morgan fingerprint density at radius 3 is 2.21 bits per heavy atom. The van der Waals surface area contributed by atoms with Crippen molar-refractivity contribution in [3.05, 3.63) is 77.9 Å². The normalized spacial score (nSPS) is 11.1. The smallest absolute Gasteiger partial charge is 0.262 e. The van der Waals surface area contributed by atoms with Gasteiger partial charge in [-0.15, -0.1) is 0 Å². The summed E-state index contributed by atoms with van der Waals surface area (Å²) >= 11 is 0. The second kappa shape index (κ2) is 13.3. The van der Waals surface area contributed by atoms with E-state index in [-0.39, 0.29) is 18.2 Å². The zero-order chi connectivity index (χ0) is 28.4. The third kappa shape index (κ3) is 8.75. The van der Waals surface area contributed by atoms with Gasteiger partial charge in [0.15, 0.2) is 6.61 Å². The van der Waals surface area contributed by atoms with Crippen molar-refractivity contribution in [3.8, 4) is 17.2 Å². The van der Waals surface area contributed by atoms with E-state index in [0.29, 0.717) is 28.5 Å². The number of benzene rings is 3. The number of hydrogen-bond acceptors (Lipinski definition) is 8. The molecule has 11 nitrogen and oxygen atoms in total. The van der Waals surface area contributed by atoms with Crippen LogP contribution in [-0.2, 0) is 19.6 Å². The van der Waals surface area contributed by atoms with E-state index in [4.69, 9.17) is 14.2 Å². The Hall–Kier alpha value is -4.58. The number of nitrogens with one attached hydrogen (secondary N) is 2. The molecular formula is C27H30N4O7S. The number of nitrogens with zero attached hydrogens (tertiary/aromatic N) is 2. The van der Waals surface area contributed by atoms with Gasteiger partial charge in [-0.3, -0.25) is 13.9 Å². The van der Waals surface area contributed by atoms with Crippen molar-refractivity contribution in [2.24, 2.45) is 5.10 Å². The first kappa shape index (κ1) is 29.0. The van der Waals surface area contributed by atoms with Gasteiger partial charge in [0.05, 0.1) is 32.4 Å². The summed E-state index contributed by atoms with van der Waals surface area (Å²) in [5.41, 5.74) is 4.66. The number of carbonyl (C=O) groups excluding carboxylic acids is 2. The largest absolute Gasteiger partial charge is 0.497 e. The van der Waals surface area contributed by atoms with Crippen LogP contribution in [0.15, 0.2) is 71.8 Å². The molecule has 3 rings (SSSR count). The summed E-state index contributed by atoms with van der Waals surface area (Å²) in [5.74, 6) is 0.522. The highest BCUT2D eigenvalue weighted by atomic mass is 32.2. The molecule has 0 fully saturated rings. The number of rotatable bonds is 12. The first-order valence-electron chi connectivity index (χ1n) is 11.7. The molecule has 0 aliphatic rings. The monoisotopic (exact) mass is 554 g/mol. The summed E-state index contributed by atoms with van der Waals surface area (Å²) < 4.78 is 41.6. The number of ether oxygens (including phenoxy) is 3. The predicted molar refractivity (Wildman–Crippen MR) is 149 cm³/mol. The zero-order valence-electron chi connectivity index (χ0n) is 22.0. The second-order valence-electron chi connectivity index (χ2n) is 8.37. The van der Waals surface area contributed by atoms with Gasteiger partial charge >= 0.3 is 0 Å². The van der Waals surface area contributed by atoms with Crippen LogP contribution in [0.5, 0.6) is 17.2 Å². The molecule has 2 amide bonds. The molecule has 3 aromatic rings. The first-order chi connectivity index (χ1) is 18.6. The number of hydrogen-bond donors (Lipinski definition) is 2. The Bertz CT molecular complexity index is 1420. The van der Waals surface area contributed by atoms with Gasteiger partial charge < -0.3 is 19.5 Å². The summed E-state index contributed by atoms with van der Waals surface area (Å²) in [7, 11) is -0.796. The van der Waals surface area contributed by atoms with E-state index in [1.807, 2.05) is 0 Å². The molecular weight excluding hydrogens is 524 g/mol. The first-order valence-corrected chi connectivity index (χ1v) is 13.5. The van der Waals surface area contributed by atoms with Gasteiger partial charge in [-0.1, -0.05) is 6.07 Å². The van der Waals surface area contributed by atoms with E-state index in [2.05, 4.69) is 15.8 Å². The summed E-state index contributed by atoms with van der Waals surface area (Å²) in [6.07, 6.45) is 2.41. The van der Waals surface area contributed by atoms with Crippen molar-refractivity contribution in [3.63, 3.8) is 0 Å². The lowest BCUT2D eigenvalue weighted by Crippen LogP contribution is -2.39. The molecule has 3 aromatic carbocycles. The van der Waals surface area contributed by atoms with Gasteiger partial charge in [-0.05, 0) is 78.7 Å². The lowest BCUT2D eigenvalue weighted by molar-refractivity contribution is -0.119. The molecule has 0 saturated heterocycles. The molecule has 206 valence electrons. The van der Waals surface area contributed by atoms with Crippen molar-refractivity contribution < 1.29 is 32.2 Å². The highest BCUT2D eigenvalue weighted by molar-refractivity contribution is 7.92. The van der Waals surface area contributed by atoms with Crippen molar-refractivity contribution in [2.75, 3.05) is 43.2 Å².